The predicted octanol–water partition coefficient (Wildman–Crippen LogP) is 3.48. The summed E-state index contributed by atoms with van der Waals surface area (Å²) in [5, 5.41) is 3.00. The first kappa shape index (κ1) is 13.7. The van der Waals surface area contributed by atoms with E-state index in [1.807, 2.05) is 6.92 Å². The Morgan fingerprint density at radius 3 is 3.05 bits per heavy atom. The number of benzene rings is 1. The highest BCUT2D eigenvalue weighted by Gasteiger charge is 2.13. The molecule has 0 bridgehead atoms. The Labute approximate surface area is 127 Å². The van der Waals surface area contributed by atoms with Gasteiger partial charge in [0.25, 0.3) is 5.88 Å². The van der Waals surface area contributed by atoms with Gasteiger partial charge in [0, 0.05) is 12.6 Å². The Morgan fingerprint density at radius 2 is 2.24 bits per heavy atom. The molecule has 1 aromatic carbocycles. The Kier molecular flexibility index (Phi) is 3.70. The van der Waals surface area contributed by atoms with Crippen molar-refractivity contribution >= 4 is 33.0 Å². The molecule has 0 radical (unpaired) electrons. The molecule has 0 aliphatic heterocycles. The Morgan fingerprint density at radius 1 is 1.38 bits per heavy atom. The third-order valence-corrected chi connectivity index (χ3v) is 3.34. The SMILES string of the molecule is CCNc1nc(Oc2cc(F)ccc2Br)c2[nH]cnc2n1. The van der Waals surface area contributed by atoms with Gasteiger partial charge in [0.15, 0.2) is 5.65 Å². The second-order valence-electron chi connectivity index (χ2n) is 4.16. The number of aromatic nitrogens is 4. The van der Waals surface area contributed by atoms with Gasteiger partial charge in [0.05, 0.1) is 10.8 Å². The minimum absolute atomic E-state index is 0.278. The Balaban J connectivity index is 2.06. The van der Waals surface area contributed by atoms with Gasteiger partial charge in [-0.05, 0) is 35.0 Å². The third-order valence-electron chi connectivity index (χ3n) is 2.69. The highest BCUT2D eigenvalue weighted by molar-refractivity contribution is 9.10. The number of hydrogen-bond acceptors (Lipinski definition) is 5. The Bertz CT molecular complexity index is 791. The average molecular weight is 352 g/mol. The minimum Gasteiger partial charge on any atom is -0.436 e. The van der Waals surface area contributed by atoms with Gasteiger partial charge in [-0.15, -0.1) is 0 Å². The van der Waals surface area contributed by atoms with Crippen LogP contribution >= 0.6 is 15.9 Å². The molecule has 0 spiro atoms. The van der Waals surface area contributed by atoms with Crippen LogP contribution < -0.4 is 10.1 Å². The molecule has 0 aliphatic carbocycles. The molecule has 2 aromatic heterocycles. The largest absolute Gasteiger partial charge is 0.436 e. The molecular formula is C13H11BrFN5O. The van der Waals surface area contributed by atoms with Crippen LogP contribution in [0.25, 0.3) is 11.2 Å². The molecule has 3 rings (SSSR count). The number of imidazole rings is 1. The molecule has 0 aliphatic rings. The number of halogens is 2. The summed E-state index contributed by atoms with van der Waals surface area (Å²) in [4.78, 5) is 15.5. The van der Waals surface area contributed by atoms with E-state index in [0.717, 1.165) is 0 Å². The molecule has 0 saturated carbocycles. The van der Waals surface area contributed by atoms with Gasteiger partial charge >= 0.3 is 0 Å². The zero-order chi connectivity index (χ0) is 14.8. The fourth-order valence-corrected chi connectivity index (χ4v) is 2.10. The lowest BCUT2D eigenvalue weighted by atomic mass is 10.3. The van der Waals surface area contributed by atoms with Gasteiger partial charge in [0.1, 0.15) is 17.1 Å². The van der Waals surface area contributed by atoms with Crippen molar-refractivity contribution < 1.29 is 9.13 Å². The number of fused-ring (bicyclic) bond motifs is 1. The first-order valence-electron chi connectivity index (χ1n) is 6.25. The standard InChI is InChI=1S/C13H11BrFN5O/c1-2-16-13-19-11-10(17-6-18-11)12(20-13)21-9-5-7(15)3-4-8(9)14/h3-6H,2H2,1H3,(H2,16,17,18,19,20). The molecule has 3 aromatic rings. The summed E-state index contributed by atoms with van der Waals surface area (Å²) < 4.78 is 19.7. The van der Waals surface area contributed by atoms with E-state index in [1.165, 1.54) is 18.5 Å². The maximum Gasteiger partial charge on any atom is 0.250 e. The van der Waals surface area contributed by atoms with Gasteiger partial charge in [-0.2, -0.15) is 9.97 Å². The topological polar surface area (TPSA) is 75.7 Å². The third kappa shape index (κ3) is 2.80. The predicted molar refractivity (Wildman–Crippen MR) is 80.0 cm³/mol. The van der Waals surface area contributed by atoms with Crippen molar-refractivity contribution in [2.45, 2.75) is 6.92 Å². The van der Waals surface area contributed by atoms with E-state index in [1.54, 1.807) is 6.07 Å². The molecule has 0 saturated heterocycles. The number of aromatic amines is 1. The van der Waals surface area contributed by atoms with Crippen molar-refractivity contribution in [3.05, 3.63) is 34.8 Å². The van der Waals surface area contributed by atoms with Crippen LogP contribution in [-0.2, 0) is 0 Å². The van der Waals surface area contributed by atoms with Crippen LogP contribution in [0.15, 0.2) is 29.0 Å². The molecule has 21 heavy (non-hydrogen) atoms. The average Bonchev–Trinajstić information content (AvgIpc) is 2.92. The van der Waals surface area contributed by atoms with Gasteiger partial charge in [-0.3, -0.25) is 0 Å². The number of ether oxygens (including phenoxy) is 1. The van der Waals surface area contributed by atoms with Gasteiger partial charge < -0.3 is 15.0 Å². The zero-order valence-corrected chi connectivity index (χ0v) is 12.6. The number of nitrogens with one attached hydrogen (secondary N) is 2. The van der Waals surface area contributed by atoms with Crippen molar-refractivity contribution in [2.75, 3.05) is 11.9 Å². The highest BCUT2D eigenvalue weighted by atomic mass is 79.9. The number of H-pyrrole nitrogens is 1. The summed E-state index contributed by atoms with van der Waals surface area (Å²) in [5.41, 5.74) is 1.02. The summed E-state index contributed by atoms with van der Waals surface area (Å²) in [6.07, 6.45) is 1.50. The fraction of sp³-hybridized carbons (Fsp3) is 0.154. The Hall–Kier alpha value is -2.22. The summed E-state index contributed by atoms with van der Waals surface area (Å²) in [6, 6.07) is 4.19. The number of nitrogens with zero attached hydrogens (tertiary/aromatic N) is 3. The fourth-order valence-electron chi connectivity index (χ4n) is 1.78. The van der Waals surface area contributed by atoms with Crippen molar-refractivity contribution in [3.8, 4) is 11.6 Å². The molecule has 0 atom stereocenters. The molecule has 0 fully saturated rings. The molecule has 6 nitrogen and oxygen atoms in total. The smallest absolute Gasteiger partial charge is 0.250 e. The molecule has 2 heterocycles. The van der Waals surface area contributed by atoms with Crippen LogP contribution in [0.4, 0.5) is 10.3 Å². The summed E-state index contributed by atoms with van der Waals surface area (Å²) in [6.45, 7) is 2.60. The van der Waals surface area contributed by atoms with Crippen LogP contribution in [0.1, 0.15) is 6.92 Å². The van der Waals surface area contributed by atoms with E-state index >= 15 is 0 Å². The van der Waals surface area contributed by atoms with Gasteiger partial charge in [-0.25, -0.2) is 9.37 Å². The highest BCUT2D eigenvalue weighted by Crippen LogP contribution is 2.32. The van der Waals surface area contributed by atoms with E-state index in [0.29, 0.717) is 33.9 Å². The van der Waals surface area contributed by atoms with E-state index in [-0.39, 0.29) is 5.88 Å². The van der Waals surface area contributed by atoms with Crippen LogP contribution in [-0.4, -0.2) is 26.5 Å². The van der Waals surface area contributed by atoms with E-state index in [2.05, 4.69) is 41.2 Å². The van der Waals surface area contributed by atoms with Crippen LogP contribution in [0.5, 0.6) is 11.6 Å². The van der Waals surface area contributed by atoms with Crippen molar-refractivity contribution in [2.24, 2.45) is 0 Å². The van der Waals surface area contributed by atoms with Gasteiger partial charge in [0.2, 0.25) is 5.95 Å². The summed E-state index contributed by atoms with van der Waals surface area (Å²) >= 11 is 3.32. The first-order valence-corrected chi connectivity index (χ1v) is 7.04. The lowest BCUT2D eigenvalue weighted by Gasteiger charge is -2.09. The molecule has 108 valence electrons. The first-order chi connectivity index (χ1) is 10.2. The zero-order valence-electron chi connectivity index (χ0n) is 11.0. The number of rotatable bonds is 4. The molecule has 8 heteroatoms. The quantitative estimate of drug-likeness (QED) is 0.752. The van der Waals surface area contributed by atoms with E-state index in [9.17, 15) is 4.39 Å². The molecular weight excluding hydrogens is 341 g/mol. The minimum atomic E-state index is -0.394. The monoisotopic (exact) mass is 351 g/mol. The van der Waals surface area contributed by atoms with Crippen LogP contribution in [0.2, 0.25) is 0 Å². The molecule has 0 amide bonds. The maximum atomic E-state index is 13.3. The normalized spacial score (nSPS) is 10.8. The van der Waals surface area contributed by atoms with Crippen LogP contribution in [0, 0.1) is 5.82 Å². The summed E-state index contributed by atoms with van der Waals surface area (Å²) in [7, 11) is 0. The second-order valence-corrected chi connectivity index (χ2v) is 5.01. The second kappa shape index (κ2) is 5.65. The maximum absolute atomic E-state index is 13.3. The van der Waals surface area contributed by atoms with E-state index < -0.39 is 5.82 Å². The lowest BCUT2D eigenvalue weighted by Crippen LogP contribution is -2.03. The lowest BCUT2D eigenvalue weighted by molar-refractivity contribution is 0.460. The summed E-state index contributed by atoms with van der Waals surface area (Å²) in [5.74, 6) is 0.612. The molecule has 0 unspecified atom stereocenters. The van der Waals surface area contributed by atoms with E-state index in [4.69, 9.17) is 4.74 Å². The van der Waals surface area contributed by atoms with Gasteiger partial charge in [-0.1, -0.05) is 0 Å². The van der Waals surface area contributed by atoms with Crippen LogP contribution in [0.3, 0.4) is 0 Å². The van der Waals surface area contributed by atoms with Crippen molar-refractivity contribution in [1.29, 1.82) is 0 Å². The molecule has 2 N–H and O–H groups in total. The number of hydrogen-bond donors (Lipinski definition) is 2. The van der Waals surface area contributed by atoms with Crippen molar-refractivity contribution in [1.82, 2.24) is 19.9 Å². The number of anilines is 1. The van der Waals surface area contributed by atoms with Crippen molar-refractivity contribution in [3.63, 3.8) is 0 Å².